The Morgan fingerprint density at radius 1 is 1.04 bits per heavy atom. The average molecular weight is 308 g/mol. The van der Waals surface area contributed by atoms with E-state index in [2.05, 4.69) is 0 Å². The molecule has 0 saturated carbocycles. The first-order valence-electron chi connectivity index (χ1n) is 7.18. The lowest BCUT2D eigenvalue weighted by molar-refractivity contribution is 0.0731. The molecular formula is C19H16O4. The van der Waals surface area contributed by atoms with Crippen molar-refractivity contribution in [3.63, 3.8) is 0 Å². The molecule has 23 heavy (non-hydrogen) atoms. The van der Waals surface area contributed by atoms with Crippen LogP contribution in [0.15, 0.2) is 54.6 Å². The van der Waals surface area contributed by atoms with Gasteiger partial charge < -0.3 is 14.6 Å². The van der Waals surface area contributed by atoms with Crippen molar-refractivity contribution in [3.05, 3.63) is 65.7 Å². The Hall–Kier alpha value is -3.01. The number of fused-ring (bicyclic) bond motifs is 1. The molecule has 0 aliphatic carbocycles. The molecule has 1 N–H and O–H groups in total. The number of carbonyl (C=O) groups is 1. The van der Waals surface area contributed by atoms with Gasteiger partial charge in [-0.15, -0.1) is 0 Å². The van der Waals surface area contributed by atoms with Crippen molar-refractivity contribution < 1.29 is 19.4 Å². The zero-order valence-corrected chi connectivity index (χ0v) is 12.9. The van der Waals surface area contributed by atoms with E-state index in [0.717, 1.165) is 10.9 Å². The number of hydrogen-bond donors (Lipinski definition) is 1. The van der Waals surface area contributed by atoms with E-state index in [1.165, 1.54) is 13.2 Å². The first-order valence-corrected chi connectivity index (χ1v) is 7.18. The molecule has 0 bridgehead atoms. The van der Waals surface area contributed by atoms with E-state index in [0.29, 0.717) is 16.9 Å². The van der Waals surface area contributed by atoms with E-state index in [4.69, 9.17) is 9.47 Å². The van der Waals surface area contributed by atoms with Crippen molar-refractivity contribution in [3.8, 4) is 17.2 Å². The van der Waals surface area contributed by atoms with Gasteiger partial charge in [0.15, 0.2) is 0 Å². The van der Waals surface area contributed by atoms with Gasteiger partial charge in [-0.25, -0.2) is 4.79 Å². The van der Waals surface area contributed by atoms with Crippen molar-refractivity contribution in [2.45, 2.75) is 6.92 Å². The molecule has 4 heteroatoms. The van der Waals surface area contributed by atoms with Gasteiger partial charge in [-0.2, -0.15) is 0 Å². The summed E-state index contributed by atoms with van der Waals surface area (Å²) in [6.07, 6.45) is 0. The third kappa shape index (κ3) is 2.71. The van der Waals surface area contributed by atoms with Gasteiger partial charge >= 0.3 is 5.97 Å². The highest BCUT2D eigenvalue weighted by molar-refractivity contribution is 6.05. The number of aryl methyl sites for hydroxylation is 1. The van der Waals surface area contributed by atoms with E-state index in [9.17, 15) is 9.90 Å². The Morgan fingerprint density at radius 2 is 1.78 bits per heavy atom. The SMILES string of the molecule is COc1cc(C(=O)Oc2ccccc2)c(O)c2cccc(C)c12. The van der Waals surface area contributed by atoms with Crippen LogP contribution in [0.25, 0.3) is 10.8 Å². The fraction of sp³-hybridized carbons (Fsp3) is 0.105. The van der Waals surface area contributed by atoms with E-state index < -0.39 is 5.97 Å². The van der Waals surface area contributed by atoms with Crippen LogP contribution in [-0.2, 0) is 0 Å². The van der Waals surface area contributed by atoms with E-state index in [1.54, 1.807) is 30.3 Å². The highest BCUT2D eigenvalue weighted by Gasteiger charge is 2.20. The highest BCUT2D eigenvalue weighted by atomic mass is 16.5. The molecule has 4 nitrogen and oxygen atoms in total. The summed E-state index contributed by atoms with van der Waals surface area (Å²) in [7, 11) is 1.53. The molecule has 3 rings (SSSR count). The van der Waals surface area contributed by atoms with Crippen molar-refractivity contribution in [1.82, 2.24) is 0 Å². The second-order valence-corrected chi connectivity index (χ2v) is 5.18. The number of benzene rings is 3. The molecule has 0 spiro atoms. The number of carbonyl (C=O) groups excluding carboxylic acids is 1. The summed E-state index contributed by atoms with van der Waals surface area (Å²) in [6.45, 7) is 1.92. The minimum Gasteiger partial charge on any atom is -0.506 e. The maximum atomic E-state index is 12.4. The second kappa shape index (κ2) is 6.01. The van der Waals surface area contributed by atoms with Gasteiger partial charge in [0.1, 0.15) is 22.8 Å². The van der Waals surface area contributed by atoms with Crippen LogP contribution in [0.2, 0.25) is 0 Å². The Kier molecular flexibility index (Phi) is 3.89. The molecule has 0 amide bonds. The minimum absolute atomic E-state index is 0.0730. The van der Waals surface area contributed by atoms with Gasteiger partial charge in [0.05, 0.1) is 7.11 Å². The van der Waals surface area contributed by atoms with Crippen LogP contribution in [0, 0.1) is 6.92 Å². The maximum Gasteiger partial charge on any atom is 0.347 e. The van der Waals surface area contributed by atoms with Crippen LogP contribution in [-0.4, -0.2) is 18.2 Å². The summed E-state index contributed by atoms with van der Waals surface area (Å²) in [5, 5.41) is 11.8. The average Bonchev–Trinajstić information content (AvgIpc) is 2.56. The number of phenolic OH excluding ortho intramolecular Hbond substituents is 1. The van der Waals surface area contributed by atoms with Crippen LogP contribution >= 0.6 is 0 Å². The van der Waals surface area contributed by atoms with Gasteiger partial charge in [0.25, 0.3) is 0 Å². The molecular weight excluding hydrogens is 292 g/mol. The van der Waals surface area contributed by atoms with Gasteiger partial charge in [0, 0.05) is 10.8 Å². The number of aromatic hydroxyl groups is 1. The molecule has 0 aliphatic heterocycles. The van der Waals surface area contributed by atoms with Crippen LogP contribution in [0.3, 0.4) is 0 Å². The monoisotopic (exact) mass is 308 g/mol. The molecule has 0 heterocycles. The quantitative estimate of drug-likeness (QED) is 0.585. The molecule has 116 valence electrons. The van der Waals surface area contributed by atoms with Crippen molar-refractivity contribution >= 4 is 16.7 Å². The number of para-hydroxylation sites is 1. The molecule has 3 aromatic rings. The van der Waals surface area contributed by atoms with Crippen LogP contribution in [0.4, 0.5) is 0 Å². The maximum absolute atomic E-state index is 12.4. The number of methoxy groups -OCH3 is 1. The van der Waals surface area contributed by atoms with Gasteiger partial charge in [-0.1, -0.05) is 36.4 Å². The Morgan fingerprint density at radius 3 is 2.48 bits per heavy atom. The summed E-state index contributed by atoms with van der Waals surface area (Å²) >= 11 is 0. The first-order chi connectivity index (χ1) is 11.1. The normalized spacial score (nSPS) is 10.5. The minimum atomic E-state index is -0.629. The summed E-state index contributed by atoms with van der Waals surface area (Å²) < 4.78 is 10.7. The van der Waals surface area contributed by atoms with Crippen molar-refractivity contribution in [2.75, 3.05) is 7.11 Å². The largest absolute Gasteiger partial charge is 0.506 e. The number of ether oxygens (including phenoxy) is 2. The van der Waals surface area contributed by atoms with Gasteiger partial charge in [-0.05, 0) is 30.7 Å². The fourth-order valence-electron chi connectivity index (χ4n) is 2.58. The predicted octanol–water partition coefficient (Wildman–Crippen LogP) is 4.08. The molecule has 3 aromatic carbocycles. The molecule has 0 saturated heterocycles. The molecule has 0 radical (unpaired) electrons. The van der Waals surface area contributed by atoms with Crippen LogP contribution < -0.4 is 9.47 Å². The zero-order valence-electron chi connectivity index (χ0n) is 12.9. The smallest absolute Gasteiger partial charge is 0.347 e. The van der Waals surface area contributed by atoms with Crippen LogP contribution in [0.1, 0.15) is 15.9 Å². The predicted molar refractivity (Wildman–Crippen MR) is 88.3 cm³/mol. The highest BCUT2D eigenvalue weighted by Crippen LogP contribution is 2.38. The fourth-order valence-corrected chi connectivity index (χ4v) is 2.58. The number of hydrogen-bond acceptors (Lipinski definition) is 4. The zero-order chi connectivity index (χ0) is 16.4. The van der Waals surface area contributed by atoms with Crippen LogP contribution in [0.5, 0.6) is 17.2 Å². The Bertz CT molecular complexity index is 869. The number of phenols is 1. The lowest BCUT2D eigenvalue weighted by atomic mass is 10.0. The molecule has 0 aliphatic rings. The third-order valence-corrected chi connectivity index (χ3v) is 3.70. The molecule has 0 unspecified atom stereocenters. The van der Waals surface area contributed by atoms with E-state index in [1.807, 2.05) is 25.1 Å². The van der Waals surface area contributed by atoms with Crippen molar-refractivity contribution in [2.24, 2.45) is 0 Å². The Labute approximate surface area is 133 Å². The number of esters is 1. The van der Waals surface area contributed by atoms with E-state index in [-0.39, 0.29) is 11.3 Å². The standard InChI is InChI=1S/C19H16O4/c1-12-7-6-10-14-17(12)16(22-2)11-15(18(14)20)19(21)23-13-8-4-3-5-9-13/h3-11,20H,1-2H3. The lowest BCUT2D eigenvalue weighted by Crippen LogP contribution is -2.09. The first kappa shape index (κ1) is 14.9. The molecule has 0 fully saturated rings. The topological polar surface area (TPSA) is 55.8 Å². The van der Waals surface area contributed by atoms with E-state index >= 15 is 0 Å². The van der Waals surface area contributed by atoms with Gasteiger partial charge in [0.2, 0.25) is 0 Å². The van der Waals surface area contributed by atoms with Crippen molar-refractivity contribution in [1.29, 1.82) is 0 Å². The molecule has 0 atom stereocenters. The number of rotatable bonds is 3. The van der Waals surface area contributed by atoms with Gasteiger partial charge in [-0.3, -0.25) is 0 Å². The second-order valence-electron chi connectivity index (χ2n) is 5.18. The summed E-state index contributed by atoms with van der Waals surface area (Å²) in [4.78, 5) is 12.4. The lowest BCUT2D eigenvalue weighted by Gasteiger charge is -2.13. The summed E-state index contributed by atoms with van der Waals surface area (Å²) in [5.41, 5.74) is 1.03. The third-order valence-electron chi connectivity index (χ3n) is 3.70. The summed E-state index contributed by atoms with van der Waals surface area (Å²) in [5.74, 6) is 0.206. The Balaban J connectivity index is 2.11. The summed E-state index contributed by atoms with van der Waals surface area (Å²) in [6, 6.07) is 15.7. The molecule has 0 aromatic heterocycles.